The molecule has 0 aliphatic carbocycles. The fourth-order valence-corrected chi connectivity index (χ4v) is 1.43. The zero-order valence-electron chi connectivity index (χ0n) is 9.44. The van der Waals surface area contributed by atoms with Crippen molar-refractivity contribution in [2.75, 3.05) is 11.9 Å². The first-order valence-electron chi connectivity index (χ1n) is 4.97. The topological polar surface area (TPSA) is 49.3 Å². The van der Waals surface area contributed by atoms with Gasteiger partial charge in [-0.05, 0) is 25.1 Å². The third-order valence-electron chi connectivity index (χ3n) is 1.90. The van der Waals surface area contributed by atoms with Gasteiger partial charge in [-0.25, -0.2) is 0 Å². The SMILES string of the molecule is CC(=O)C=C(O)CCNc1cccc(Cl)c1.Cl. The number of hydrogen-bond acceptors (Lipinski definition) is 3. The number of aliphatic hydroxyl groups excluding tert-OH is 1. The number of ketones is 1. The molecule has 0 atom stereocenters. The summed E-state index contributed by atoms with van der Waals surface area (Å²) < 4.78 is 0. The van der Waals surface area contributed by atoms with Gasteiger partial charge < -0.3 is 10.4 Å². The lowest BCUT2D eigenvalue weighted by Crippen LogP contribution is -2.03. The zero-order valence-corrected chi connectivity index (χ0v) is 11.0. The Balaban J connectivity index is 0.00000256. The molecule has 0 amide bonds. The minimum Gasteiger partial charge on any atom is -0.512 e. The molecular weight excluding hydrogens is 261 g/mol. The van der Waals surface area contributed by atoms with Crippen molar-refractivity contribution >= 4 is 35.5 Å². The molecule has 0 aliphatic rings. The Kier molecular flexibility index (Phi) is 7.42. The molecule has 3 nitrogen and oxygen atoms in total. The third-order valence-corrected chi connectivity index (χ3v) is 2.14. The summed E-state index contributed by atoms with van der Waals surface area (Å²) in [6.07, 6.45) is 1.63. The van der Waals surface area contributed by atoms with Crippen molar-refractivity contribution in [3.63, 3.8) is 0 Å². The molecule has 1 rings (SSSR count). The molecule has 0 saturated carbocycles. The van der Waals surface area contributed by atoms with E-state index in [0.29, 0.717) is 18.0 Å². The van der Waals surface area contributed by atoms with Crippen LogP contribution in [0.25, 0.3) is 0 Å². The maximum Gasteiger partial charge on any atom is 0.155 e. The van der Waals surface area contributed by atoms with Crippen LogP contribution in [0, 0.1) is 0 Å². The first-order valence-corrected chi connectivity index (χ1v) is 5.35. The zero-order chi connectivity index (χ0) is 12.0. The standard InChI is InChI=1S/C12H14ClNO2.ClH/c1-9(15)7-12(16)5-6-14-11-4-2-3-10(13)8-11;/h2-4,7-8,14,16H,5-6H2,1H3;1H. The van der Waals surface area contributed by atoms with Crippen LogP contribution < -0.4 is 5.32 Å². The van der Waals surface area contributed by atoms with Crippen LogP contribution in [-0.2, 0) is 4.79 Å². The monoisotopic (exact) mass is 275 g/mol. The van der Waals surface area contributed by atoms with Crippen molar-refractivity contribution in [3.05, 3.63) is 41.1 Å². The summed E-state index contributed by atoms with van der Waals surface area (Å²) in [6, 6.07) is 7.32. The fraction of sp³-hybridized carbons (Fsp3) is 0.250. The molecule has 17 heavy (non-hydrogen) atoms. The average Bonchev–Trinajstić information content (AvgIpc) is 2.16. The highest BCUT2D eigenvalue weighted by Gasteiger charge is 1.97. The minimum atomic E-state index is -0.153. The van der Waals surface area contributed by atoms with Crippen LogP contribution in [0.5, 0.6) is 0 Å². The fourth-order valence-electron chi connectivity index (χ4n) is 1.24. The van der Waals surface area contributed by atoms with Gasteiger partial charge in [0.25, 0.3) is 0 Å². The summed E-state index contributed by atoms with van der Waals surface area (Å²) in [7, 11) is 0. The van der Waals surface area contributed by atoms with Crippen LogP contribution in [0.3, 0.4) is 0 Å². The molecule has 0 unspecified atom stereocenters. The smallest absolute Gasteiger partial charge is 0.155 e. The second-order valence-corrected chi connectivity index (χ2v) is 3.87. The van der Waals surface area contributed by atoms with Crippen LogP contribution in [0.1, 0.15) is 13.3 Å². The Labute approximate surface area is 112 Å². The number of allylic oxidation sites excluding steroid dienone is 1. The van der Waals surface area contributed by atoms with Gasteiger partial charge in [-0.1, -0.05) is 17.7 Å². The predicted octanol–water partition coefficient (Wildman–Crippen LogP) is 3.59. The molecule has 2 N–H and O–H groups in total. The van der Waals surface area contributed by atoms with Crippen molar-refractivity contribution in [1.29, 1.82) is 0 Å². The molecular formula is C12H15Cl2NO2. The van der Waals surface area contributed by atoms with E-state index >= 15 is 0 Å². The number of nitrogens with one attached hydrogen (secondary N) is 1. The van der Waals surface area contributed by atoms with Gasteiger partial charge in [0.1, 0.15) is 0 Å². The van der Waals surface area contributed by atoms with Gasteiger partial charge in [0.15, 0.2) is 5.78 Å². The largest absolute Gasteiger partial charge is 0.512 e. The van der Waals surface area contributed by atoms with Crippen LogP contribution in [0.4, 0.5) is 5.69 Å². The van der Waals surface area contributed by atoms with Gasteiger partial charge in [0.05, 0.1) is 5.76 Å². The van der Waals surface area contributed by atoms with Gasteiger partial charge in [-0.15, -0.1) is 12.4 Å². The van der Waals surface area contributed by atoms with Crippen molar-refractivity contribution in [1.82, 2.24) is 0 Å². The van der Waals surface area contributed by atoms with E-state index < -0.39 is 0 Å². The lowest BCUT2D eigenvalue weighted by Gasteiger charge is -2.05. The second kappa shape index (κ2) is 7.98. The van der Waals surface area contributed by atoms with E-state index in [-0.39, 0.29) is 23.9 Å². The Morgan fingerprint density at radius 2 is 2.24 bits per heavy atom. The first kappa shape index (κ1) is 15.8. The Hall–Kier alpha value is -1.19. The normalized spacial score (nSPS) is 10.6. The summed E-state index contributed by atoms with van der Waals surface area (Å²) in [6.45, 7) is 1.95. The lowest BCUT2D eigenvalue weighted by molar-refractivity contribution is -0.112. The molecule has 0 saturated heterocycles. The molecule has 94 valence electrons. The highest BCUT2D eigenvalue weighted by atomic mass is 35.5. The minimum absolute atomic E-state index is 0. The number of halogens is 2. The summed E-state index contributed by atoms with van der Waals surface area (Å²) in [5, 5.41) is 13.1. The molecule has 1 aromatic carbocycles. The van der Waals surface area contributed by atoms with Crippen LogP contribution in [0.2, 0.25) is 5.02 Å². The number of carbonyl (C=O) groups excluding carboxylic acids is 1. The molecule has 1 aromatic rings. The van der Waals surface area contributed by atoms with Crippen LogP contribution in [0.15, 0.2) is 36.1 Å². The number of carbonyl (C=O) groups is 1. The Morgan fingerprint density at radius 1 is 1.53 bits per heavy atom. The summed E-state index contributed by atoms with van der Waals surface area (Å²) in [5.41, 5.74) is 0.892. The first-order chi connectivity index (χ1) is 7.58. The highest BCUT2D eigenvalue weighted by molar-refractivity contribution is 6.30. The van der Waals surface area contributed by atoms with Gasteiger partial charge in [0.2, 0.25) is 0 Å². The van der Waals surface area contributed by atoms with Gasteiger partial charge in [0, 0.05) is 29.8 Å². The summed E-state index contributed by atoms with van der Waals surface area (Å²) in [4.78, 5) is 10.7. The Morgan fingerprint density at radius 3 is 2.82 bits per heavy atom. The lowest BCUT2D eigenvalue weighted by atomic mass is 10.2. The maximum atomic E-state index is 10.7. The van der Waals surface area contributed by atoms with E-state index in [2.05, 4.69) is 5.32 Å². The third kappa shape index (κ3) is 6.87. The molecule has 0 heterocycles. The predicted molar refractivity (Wildman–Crippen MR) is 73.2 cm³/mol. The molecule has 0 aromatic heterocycles. The molecule has 0 fully saturated rings. The highest BCUT2D eigenvalue weighted by Crippen LogP contribution is 2.14. The van der Waals surface area contributed by atoms with Crippen molar-refractivity contribution in [2.24, 2.45) is 0 Å². The number of rotatable bonds is 5. The molecule has 0 bridgehead atoms. The molecule has 0 aliphatic heterocycles. The van der Waals surface area contributed by atoms with E-state index in [9.17, 15) is 9.90 Å². The number of hydrogen-bond donors (Lipinski definition) is 2. The Bertz CT molecular complexity index is 405. The number of benzene rings is 1. The number of aliphatic hydroxyl groups is 1. The molecule has 5 heteroatoms. The van der Waals surface area contributed by atoms with E-state index in [1.807, 2.05) is 12.1 Å². The van der Waals surface area contributed by atoms with Crippen molar-refractivity contribution in [2.45, 2.75) is 13.3 Å². The second-order valence-electron chi connectivity index (χ2n) is 3.43. The quantitative estimate of drug-likeness (QED) is 0.638. The summed E-state index contributed by atoms with van der Waals surface area (Å²) in [5.74, 6) is -0.0673. The maximum absolute atomic E-state index is 10.7. The van der Waals surface area contributed by atoms with Crippen LogP contribution >= 0.6 is 24.0 Å². The van der Waals surface area contributed by atoms with E-state index in [1.54, 1.807) is 12.1 Å². The van der Waals surface area contributed by atoms with Gasteiger partial charge in [-0.2, -0.15) is 0 Å². The molecule has 0 spiro atoms. The van der Waals surface area contributed by atoms with E-state index in [0.717, 1.165) is 5.69 Å². The van der Waals surface area contributed by atoms with E-state index in [1.165, 1.54) is 13.0 Å². The number of anilines is 1. The van der Waals surface area contributed by atoms with Crippen molar-refractivity contribution in [3.8, 4) is 0 Å². The van der Waals surface area contributed by atoms with E-state index in [4.69, 9.17) is 11.6 Å². The van der Waals surface area contributed by atoms with Crippen molar-refractivity contribution < 1.29 is 9.90 Å². The molecule has 0 radical (unpaired) electrons. The van der Waals surface area contributed by atoms with Crippen LogP contribution in [-0.4, -0.2) is 17.4 Å². The van der Waals surface area contributed by atoms with Gasteiger partial charge >= 0.3 is 0 Å². The van der Waals surface area contributed by atoms with Gasteiger partial charge in [-0.3, -0.25) is 4.79 Å². The average molecular weight is 276 g/mol. The summed E-state index contributed by atoms with van der Waals surface area (Å²) >= 11 is 5.81.